The zero-order valence-corrected chi connectivity index (χ0v) is 17.5. The average molecular weight is 433 g/mol. The maximum absolute atomic E-state index is 13.2. The maximum atomic E-state index is 13.2. The fourth-order valence-corrected chi connectivity index (χ4v) is 6.38. The summed E-state index contributed by atoms with van der Waals surface area (Å²) < 4.78 is 6.55. The molecule has 0 radical (unpaired) electrons. The molecule has 0 saturated heterocycles. The van der Waals surface area contributed by atoms with E-state index in [1.807, 2.05) is 17.5 Å². The number of hydrogen-bond acceptors (Lipinski definition) is 8. The Bertz CT molecular complexity index is 1160. The highest BCUT2D eigenvalue weighted by atomic mass is 32.2. The summed E-state index contributed by atoms with van der Waals surface area (Å²) in [6, 6.07) is 4.00. The molecule has 2 aliphatic heterocycles. The summed E-state index contributed by atoms with van der Waals surface area (Å²) in [6.45, 7) is 3.15. The van der Waals surface area contributed by atoms with Gasteiger partial charge in [0, 0.05) is 17.2 Å². The number of fused-ring (bicyclic) bond motifs is 4. The molecule has 7 nitrogen and oxygen atoms in total. The van der Waals surface area contributed by atoms with Crippen LogP contribution in [0.3, 0.4) is 0 Å². The van der Waals surface area contributed by atoms with Gasteiger partial charge >= 0.3 is 6.09 Å². The molecule has 0 saturated carbocycles. The van der Waals surface area contributed by atoms with Crippen molar-refractivity contribution < 1.29 is 9.53 Å². The van der Waals surface area contributed by atoms with E-state index in [4.69, 9.17) is 9.72 Å². The van der Waals surface area contributed by atoms with Crippen molar-refractivity contribution >= 4 is 56.5 Å². The van der Waals surface area contributed by atoms with E-state index in [0.717, 1.165) is 25.9 Å². The Hall–Kier alpha value is -2.17. The second kappa shape index (κ2) is 7.02. The van der Waals surface area contributed by atoms with Gasteiger partial charge in [-0.2, -0.15) is 9.78 Å². The number of amides is 1. The van der Waals surface area contributed by atoms with E-state index in [9.17, 15) is 9.59 Å². The molecule has 0 fully saturated rings. The number of thiophene rings is 2. The Balaban J connectivity index is 1.58. The molecule has 0 atom stereocenters. The minimum atomic E-state index is -0.310. The Kier molecular flexibility index (Phi) is 4.48. The highest BCUT2D eigenvalue weighted by molar-refractivity contribution is 7.99. The van der Waals surface area contributed by atoms with Crippen LogP contribution in [0.5, 0.6) is 0 Å². The van der Waals surface area contributed by atoms with Gasteiger partial charge in [0.1, 0.15) is 4.83 Å². The van der Waals surface area contributed by atoms with Crippen LogP contribution in [0.2, 0.25) is 0 Å². The number of ether oxygens (including phenoxy) is 1. The first kappa shape index (κ1) is 17.9. The van der Waals surface area contributed by atoms with E-state index < -0.39 is 0 Å². The molecule has 28 heavy (non-hydrogen) atoms. The van der Waals surface area contributed by atoms with Crippen LogP contribution in [0.1, 0.15) is 22.2 Å². The van der Waals surface area contributed by atoms with Crippen molar-refractivity contribution in [2.24, 2.45) is 5.10 Å². The number of nitrogens with zero attached hydrogens (tertiary/aromatic N) is 4. The molecular weight excluding hydrogens is 416 g/mol. The number of thioether (sulfide) groups is 1. The molecular formula is C18H16N4O3S3. The van der Waals surface area contributed by atoms with Crippen molar-refractivity contribution in [3.63, 3.8) is 0 Å². The van der Waals surface area contributed by atoms with E-state index in [0.29, 0.717) is 42.4 Å². The van der Waals surface area contributed by atoms with Crippen LogP contribution >= 0.6 is 34.4 Å². The minimum absolute atomic E-state index is 0.122. The molecule has 3 aromatic heterocycles. The summed E-state index contributed by atoms with van der Waals surface area (Å²) in [4.78, 5) is 34.5. The summed E-state index contributed by atoms with van der Waals surface area (Å²) in [6.07, 6.45) is 0.314. The SMILES string of the molecule is CCOC(=O)N1CCc2c(sc3nc4n(c(=O)c23)N=C(c2cccs2)CS4)C1. The quantitative estimate of drug-likeness (QED) is 0.580. The first-order valence-corrected chi connectivity index (χ1v) is 11.6. The number of aromatic nitrogens is 2. The van der Waals surface area contributed by atoms with Crippen LogP contribution in [-0.4, -0.2) is 45.3 Å². The Morgan fingerprint density at radius 2 is 2.29 bits per heavy atom. The van der Waals surface area contributed by atoms with Gasteiger partial charge in [0.05, 0.1) is 29.1 Å². The zero-order chi connectivity index (χ0) is 19.3. The molecule has 5 rings (SSSR count). The lowest BCUT2D eigenvalue weighted by atomic mass is 10.1. The average Bonchev–Trinajstić information content (AvgIpc) is 3.35. The normalized spacial score (nSPS) is 15.9. The van der Waals surface area contributed by atoms with Gasteiger partial charge in [-0.25, -0.2) is 9.78 Å². The first-order chi connectivity index (χ1) is 13.7. The number of carbonyl (C=O) groups excluding carboxylic acids is 1. The Morgan fingerprint density at radius 1 is 1.39 bits per heavy atom. The van der Waals surface area contributed by atoms with E-state index in [1.54, 1.807) is 23.2 Å². The highest BCUT2D eigenvalue weighted by Gasteiger charge is 2.29. The molecule has 144 valence electrons. The molecule has 1 amide bonds. The third-order valence-electron chi connectivity index (χ3n) is 4.71. The second-order valence-corrected chi connectivity index (χ2v) is 9.35. The van der Waals surface area contributed by atoms with Gasteiger partial charge in [-0.15, -0.1) is 22.7 Å². The molecule has 5 heterocycles. The lowest BCUT2D eigenvalue weighted by molar-refractivity contribution is 0.103. The fraction of sp³-hybridized carbons (Fsp3) is 0.333. The number of hydrogen-bond donors (Lipinski definition) is 0. The highest BCUT2D eigenvalue weighted by Crippen LogP contribution is 2.34. The van der Waals surface area contributed by atoms with Crippen molar-refractivity contribution in [2.75, 3.05) is 18.9 Å². The van der Waals surface area contributed by atoms with Crippen LogP contribution in [0.25, 0.3) is 10.2 Å². The third-order valence-corrected chi connectivity index (χ3v) is 7.68. The summed E-state index contributed by atoms with van der Waals surface area (Å²) in [5.74, 6) is 0.695. The van der Waals surface area contributed by atoms with Crippen LogP contribution in [0, 0.1) is 0 Å². The first-order valence-electron chi connectivity index (χ1n) is 8.89. The Labute approximate surface area is 172 Å². The van der Waals surface area contributed by atoms with Crippen LogP contribution in [-0.2, 0) is 17.7 Å². The zero-order valence-electron chi connectivity index (χ0n) is 15.0. The molecule has 0 spiro atoms. The van der Waals surface area contributed by atoms with Crippen LogP contribution in [0.4, 0.5) is 4.79 Å². The van der Waals surface area contributed by atoms with Gasteiger partial charge in [-0.1, -0.05) is 17.8 Å². The second-order valence-electron chi connectivity index (χ2n) is 6.38. The van der Waals surface area contributed by atoms with E-state index >= 15 is 0 Å². The van der Waals surface area contributed by atoms with Gasteiger partial charge in [0.2, 0.25) is 0 Å². The fourth-order valence-electron chi connectivity index (χ4n) is 3.41. The molecule has 0 N–H and O–H groups in total. The van der Waals surface area contributed by atoms with Crippen molar-refractivity contribution in [3.8, 4) is 0 Å². The molecule has 3 aromatic rings. The molecule has 10 heteroatoms. The molecule has 0 bridgehead atoms. The van der Waals surface area contributed by atoms with Crippen LogP contribution < -0.4 is 5.56 Å². The third kappa shape index (κ3) is 2.87. The topological polar surface area (TPSA) is 76.8 Å². The van der Waals surface area contributed by atoms with Gasteiger partial charge in [-0.3, -0.25) is 4.79 Å². The summed E-state index contributed by atoms with van der Waals surface area (Å²) in [5.41, 5.74) is 1.77. The molecule has 0 aliphatic carbocycles. The Morgan fingerprint density at radius 3 is 3.07 bits per heavy atom. The summed E-state index contributed by atoms with van der Waals surface area (Å²) in [7, 11) is 0. The van der Waals surface area contributed by atoms with E-state index in [-0.39, 0.29) is 11.7 Å². The molecule has 0 unspecified atom stereocenters. The molecule has 2 aliphatic rings. The molecule has 0 aromatic carbocycles. The lowest BCUT2D eigenvalue weighted by Crippen LogP contribution is -2.36. The van der Waals surface area contributed by atoms with E-state index in [1.165, 1.54) is 27.8 Å². The van der Waals surface area contributed by atoms with Crippen molar-refractivity contribution in [2.45, 2.75) is 25.0 Å². The van der Waals surface area contributed by atoms with Crippen molar-refractivity contribution in [1.82, 2.24) is 14.6 Å². The predicted octanol–water partition coefficient (Wildman–Crippen LogP) is 3.39. The monoisotopic (exact) mass is 432 g/mol. The lowest BCUT2D eigenvalue weighted by Gasteiger charge is -2.25. The summed E-state index contributed by atoms with van der Waals surface area (Å²) >= 11 is 4.64. The van der Waals surface area contributed by atoms with Crippen molar-refractivity contribution in [3.05, 3.63) is 43.2 Å². The number of carbonyl (C=O) groups is 1. The summed E-state index contributed by atoms with van der Waals surface area (Å²) in [5, 5.41) is 7.87. The van der Waals surface area contributed by atoms with Gasteiger partial charge in [0.15, 0.2) is 5.16 Å². The van der Waals surface area contributed by atoms with Crippen molar-refractivity contribution in [1.29, 1.82) is 0 Å². The predicted molar refractivity (Wildman–Crippen MR) is 112 cm³/mol. The standard InChI is InChI=1S/C18H16N4O3S3/c1-2-25-18(24)21-6-5-10-13(8-21)28-15-14(10)16(23)22-17(19-15)27-9-11(20-22)12-4-3-7-26-12/h3-4,7H,2,5-6,8-9H2,1H3. The smallest absolute Gasteiger partial charge is 0.410 e. The van der Waals surface area contributed by atoms with Gasteiger partial charge in [-0.05, 0) is 30.4 Å². The largest absolute Gasteiger partial charge is 0.450 e. The maximum Gasteiger partial charge on any atom is 0.410 e. The van der Waals surface area contributed by atoms with E-state index in [2.05, 4.69) is 5.10 Å². The van der Waals surface area contributed by atoms with Gasteiger partial charge < -0.3 is 9.64 Å². The van der Waals surface area contributed by atoms with Gasteiger partial charge in [0.25, 0.3) is 5.56 Å². The number of rotatable bonds is 2. The van der Waals surface area contributed by atoms with Crippen LogP contribution in [0.15, 0.2) is 32.6 Å². The minimum Gasteiger partial charge on any atom is -0.450 e.